The van der Waals surface area contributed by atoms with Crippen molar-refractivity contribution in [1.29, 1.82) is 0 Å². The van der Waals surface area contributed by atoms with Crippen LogP contribution in [-0.2, 0) is 11.8 Å². The number of ether oxygens (including phenoxy) is 1. The van der Waals surface area contributed by atoms with E-state index in [2.05, 4.69) is 48.9 Å². The van der Waals surface area contributed by atoms with E-state index in [1.54, 1.807) is 17.8 Å². The average molecular weight is 597 g/mol. The second kappa shape index (κ2) is 16.0. The van der Waals surface area contributed by atoms with Crippen LogP contribution in [-0.4, -0.2) is 53.1 Å². The molecule has 2 N–H and O–H groups in total. The molecule has 3 rings (SSSR count). The van der Waals surface area contributed by atoms with Crippen LogP contribution < -0.4 is 16.2 Å². The van der Waals surface area contributed by atoms with Crippen molar-refractivity contribution >= 4 is 29.3 Å². The molecule has 0 aliphatic carbocycles. The lowest BCUT2D eigenvalue weighted by Gasteiger charge is -2.38. The van der Waals surface area contributed by atoms with Gasteiger partial charge < -0.3 is 19.9 Å². The van der Waals surface area contributed by atoms with Crippen LogP contribution in [0, 0.1) is 12.3 Å². The number of hydrogen-bond donors (Lipinski definition) is 1. The summed E-state index contributed by atoms with van der Waals surface area (Å²) in [7, 11) is 1.77. The topological polar surface area (TPSA) is 98.6 Å². The van der Waals surface area contributed by atoms with Gasteiger partial charge in [-0.15, -0.1) is 0 Å². The van der Waals surface area contributed by atoms with Crippen molar-refractivity contribution < 1.29 is 4.74 Å². The summed E-state index contributed by atoms with van der Waals surface area (Å²) in [5.74, 6) is 1.27. The van der Waals surface area contributed by atoms with E-state index in [1.165, 1.54) is 6.20 Å². The fourth-order valence-corrected chi connectivity index (χ4v) is 4.87. The maximum Gasteiger partial charge on any atom is 0.253 e. The first-order valence-electron chi connectivity index (χ1n) is 15.1. The molecule has 0 amide bonds. The molecular formula is C36H48N6O2. The Morgan fingerprint density at radius 1 is 1.16 bits per heavy atom. The van der Waals surface area contributed by atoms with E-state index in [4.69, 9.17) is 20.4 Å². The van der Waals surface area contributed by atoms with Crippen molar-refractivity contribution in [2.24, 2.45) is 23.2 Å². The molecule has 0 radical (unpaired) electrons. The summed E-state index contributed by atoms with van der Waals surface area (Å²) in [5.41, 5.74) is 11.3. The number of hydrogen-bond acceptors (Lipinski definition) is 7. The van der Waals surface area contributed by atoms with Gasteiger partial charge in [0.15, 0.2) is 5.82 Å². The van der Waals surface area contributed by atoms with Gasteiger partial charge in [-0.05, 0) is 62.0 Å². The molecule has 3 heterocycles. The SMILES string of the molecule is C\C=C/C=C(\C=C/C)C1COCCN1c1nc(C(C=NCC(C)(C)C)=CN)ncc1/C=C(\C=C/C)c1cc(C)c(=O)n(C)c1. The van der Waals surface area contributed by atoms with E-state index in [1.807, 2.05) is 76.5 Å². The molecule has 1 aliphatic rings. The van der Waals surface area contributed by atoms with Crippen LogP contribution in [0.4, 0.5) is 5.82 Å². The van der Waals surface area contributed by atoms with Crippen LogP contribution in [0.15, 0.2) is 82.6 Å². The molecular weight excluding hydrogens is 548 g/mol. The fourth-order valence-electron chi connectivity index (χ4n) is 4.87. The Morgan fingerprint density at radius 3 is 2.55 bits per heavy atom. The minimum absolute atomic E-state index is 0.0169. The zero-order chi connectivity index (χ0) is 32.3. The molecule has 0 saturated carbocycles. The Hall–Kier alpha value is -4.30. The Balaban J connectivity index is 2.27. The van der Waals surface area contributed by atoms with Gasteiger partial charge in [-0.1, -0.05) is 63.3 Å². The molecule has 8 nitrogen and oxygen atoms in total. The van der Waals surface area contributed by atoms with Gasteiger partial charge in [-0.2, -0.15) is 0 Å². The molecule has 44 heavy (non-hydrogen) atoms. The summed E-state index contributed by atoms with van der Waals surface area (Å²) in [4.78, 5) is 29.3. The molecule has 234 valence electrons. The molecule has 0 spiro atoms. The third-order valence-corrected chi connectivity index (χ3v) is 7.01. The summed E-state index contributed by atoms with van der Waals surface area (Å²) >= 11 is 0. The van der Waals surface area contributed by atoms with Crippen molar-refractivity contribution in [3.63, 3.8) is 0 Å². The van der Waals surface area contributed by atoms with E-state index in [0.717, 1.165) is 28.1 Å². The number of aryl methyl sites for hydroxylation is 2. The zero-order valence-electron chi connectivity index (χ0n) is 27.5. The largest absolute Gasteiger partial charge is 0.404 e. The first-order valence-corrected chi connectivity index (χ1v) is 15.1. The van der Waals surface area contributed by atoms with Crippen molar-refractivity contribution in [2.75, 3.05) is 31.2 Å². The summed E-state index contributed by atoms with van der Waals surface area (Å²) in [6.45, 7) is 16.6. The quantitative estimate of drug-likeness (QED) is 0.255. The highest BCUT2D eigenvalue weighted by molar-refractivity contribution is 6.08. The maximum absolute atomic E-state index is 12.5. The molecule has 1 saturated heterocycles. The highest BCUT2D eigenvalue weighted by Gasteiger charge is 2.29. The van der Waals surface area contributed by atoms with Gasteiger partial charge in [-0.3, -0.25) is 9.79 Å². The zero-order valence-corrected chi connectivity index (χ0v) is 27.5. The number of nitrogens with zero attached hydrogens (tertiary/aromatic N) is 5. The van der Waals surface area contributed by atoms with Gasteiger partial charge in [0.2, 0.25) is 0 Å². The minimum atomic E-state index is -0.0733. The monoisotopic (exact) mass is 596 g/mol. The van der Waals surface area contributed by atoms with Gasteiger partial charge in [-0.25, -0.2) is 9.97 Å². The first-order chi connectivity index (χ1) is 21.0. The second-order valence-electron chi connectivity index (χ2n) is 12.0. The summed E-state index contributed by atoms with van der Waals surface area (Å²) in [6.07, 6.45) is 23.4. The molecule has 0 bridgehead atoms. The van der Waals surface area contributed by atoms with Gasteiger partial charge in [0.1, 0.15) is 5.82 Å². The lowest BCUT2D eigenvalue weighted by atomic mass is 9.97. The predicted octanol–water partition coefficient (Wildman–Crippen LogP) is 6.30. The highest BCUT2D eigenvalue weighted by atomic mass is 16.5. The number of allylic oxidation sites excluding steroid dienone is 8. The Bertz CT molecular complexity index is 1540. The van der Waals surface area contributed by atoms with E-state index in [9.17, 15) is 4.79 Å². The van der Waals surface area contributed by atoms with Crippen molar-refractivity contribution in [2.45, 2.75) is 54.5 Å². The lowest BCUT2D eigenvalue weighted by Crippen LogP contribution is -2.47. The van der Waals surface area contributed by atoms with Crippen LogP contribution in [0.5, 0.6) is 0 Å². The predicted molar refractivity (Wildman–Crippen MR) is 186 cm³/mol. The average Bonchev–Trinajstić information content (AvgIpc) is 2.99. The molecule has 1 aliphatic heterocycles. The third-order valence-electron chi connectivity index (χ3n) is 7.01. The van der Waals surface area contributed by atoms with Gasteiger partial charge >= 0.3 is 0 Å². The summed E-state index contributed by atoms with van der Waals surface area (Å²) in [5, 5.41) is 0. The van der Waals surface area contributed by atoms with Crippen molar-refractivity contribution in [1.82, 2.24) is 14.5 Å². The van der Waals surface area contributed by atoms with E-state index < -0.39 is 0 Å². The smallest absolute Gasteiger partial charge is 0.253 e. The third kappa shape index (κ3) is 9.10. The normalized spacial score (nSPS) is 17.7. The van der Waals surface area contributed by atoms with Crippen molar-refractivity contribution in [3.8, 4) is 0 Å². The minimum Gasteiger partial charge on any atom is -0.404 e. The molecule has 1 fully saturated rings. The number of anilines is 1. The Kier molecular flexibility index (Phi) is 12.4. The van der Waals surface area contributed by atoms with Gasteiger partial charge in [0.25, 0.3) is 5.56 Å². The summed E-state index contributed by atoms with van der Waals surface area (Å²) in [6, 6.07) is 1.85. The van der Waals surface area contributed by atoms with E-state index in [-0.39, 0.29) is 17.0 Å². The van der Waals surface area contributed by atoms with E-state index in [0.29, 0.717) is 43.3 Å². The number of rotatable bonds is 10. The molecule has 2 aromatic rings. The number of aliphatic imine (C=N–C) groups is 1. The first kappa shape index (κ1) is 34.2. The number of pyridine rings is 1. The molecule has 0 aromatic carbocycles. The number of morpholine rings is 1. The highest BCUT2D eigenvalue weighted by Crippen LogP contribution is 2.30. The fraction of sp³-hybridized carbons (Fsp3) is 0.389. The van der Waals surface area contributed by atoms with Crippen LogP contribution in [0.3, 0.4) is 0 Å². The van der Waals surface area contributed by atoms with E-state index >= 15 is 0 Å². The molecule has 1 atom stereocenters. The molecule has 8 heteroatoms. The molecule has 2 aromatic heterocycles. The van der Waals surface area contributed by atoms with Crippen LogP contribution in [0.1, 0.15) is 64.1 Å². The standard InChI is InChI=1S/C36H48N6O2/c1-9-12-15-27(13-10-2)32-24-44-17-16-42(32)34-29(19-28(14-11-3)30-18-26(4)35(43)41(8)23-30)22-39-33(40-34)31(20-37)21-38-25-36(5,6)7/h9-15,18-23,32H,16-17,24-25,37H2,1-8H3/b12-9-,13-10-,14-11-,27-15+,28-19+,31-20?,38-21?. The van der Waals surface area contributed by atoms with Crippen molar-refractivity contribution in [3.05, 3.63) is 106 Å². The van der Waals surface area contributed by atoms with Crippen LogP contribution >= 0.6 is 0 Å². The number of nitrogens with two attached hydrogens (primary N) is 1. The van der Waals surface area contributed by atoms with Gasteiger partial charge in [0, 0.05) is 56.1 Å². The van der Waals surface area contributed by atoms with Crippen LogP contribution in [0.25, 0.3) is 17.2 Å². The summed E-state index contributed by atoms with van der Waals surface area (Å²) < 4.78 is 7.61. The second-order valence-corrected chi connectivity index (χ2v) is 12.0. The van der Waals surface area contributed by atoms with Gasteiger partial charge in [0.05, 0.1) is 24.8 Å². The Labute approximate surface area is 262 Å². The Morgan fingerprint density at radius 2 is 1.91 bits per heavy atom. The molecule has 1 unspecified atom stereocenters. The lowest BCUT2D eigenvalue weighted by molar-refractivity contribution is 0.103. The maximum atomic E-state index is 12.5. The number of aromatic nitrogens is 3. The van der Waals surface area contributed by atoms with Crippen LogP contribution in [0.2, 0.25) is 0 Å².